The predicted octanol–water partition coefficient (Wildman–Crippen LogP) is 0.280. The topological polar surface area (TPSA) is 258 Å². The molecule has 0 spiro atoms. The van der Waals surface area contributed by atoms with Crippen molar-refractivity contribution < 1.29 is 38.4 Å². The number of nitrogens with zero attached hydrogens (tertiary/aromatic N) is 6. The lowest BCUT2D eigenvalue weighted by Crippen LogP contribution is -2.21. The molecule has 3 heterocycles. The lowest BCUT2D eigenvalue weighted by molar-refractivity contribution is 0.583. The molecule has 0 aromatic carbocycles. The highest BCUT2D eigenvalue weighted by Crippen LogP contribution is 2.12. The first kappa shape index (κ1) is 36.5. The molecule has 42 heavy (non-hydrogen) atoms. The predicted molar refractivity (Wildman–Crippen MR) is 146 cm³/mol. The molecule has 21 heteroatoms. The van der Waals surface area contributed by atoms with E-state index in [2.05, 4.69) is 29.9 Å². The van der Waals surface area contributed by atoms with E-state index in [4.69, 9.17) is 15.4 Å². The van der Waals surface area contributed by atoms with Gasteiger partial charge < -0.3 is 0 Å². The Kier molecular flexibility index (Phi) is 13.6. The van der Waals surface area contributed by atoms with Crippen molar-refractivity contribution >= 4 is 35.6 Å². The molecule has 3 rings (SSSR count). The third-order valence-corrected chi connectivity index (χ3v) is 7.05. The second-order valence-corrected chi connectivity index (χ2v) is 13.3. The molecule has 0 aliphatic heterocycles. The molecule has 0 fully saturated rings. The fourth-order valence-electron chi connectivity index (χ4n) is 2.81. The van der Waals surface area contributed by atoms with Crippen LogP contribution in [-0.2, 0) is 30.1 Å². The molecule has 0 bridgehead atoms. The van der Waals surface area contributed by atoms with Crippen LogP contribution < -0.4 is 15.4 Å². The fraction of sp³-hybridized carbons (Fsp3) is 0.333. The highest BCUT2D eigenvalue weighted by Gasteiger charge is 2.16. The van der Waals surface area contributed by atoms with E-state index >= 15 is 0 Å². The first-order chi connectivity index (χ1) is 19.1. The number of hydrogen-bond acceptors (Lipinski definition) is 12. The van der Waals surface area contributed by atoms with Crippen molar-refractivity contribution in [2.75, 3.05) is 11.5 Å². The van der Waals surface area contributed by atoms with Gasteiger partial charge in [0.2, 0.25) is 30.1 Å². The Hall–Kier alpha value is -3.50. The summed E-state index contributed by atoms with van der Waals surface area (Å²) in [5.74, 6) is -2.43. The quantitative estimate of drug-likeness (QED) is 0.296. The monoisotopic (exact) mass is 655 g/mol. The average Bonchev–Trinajstić information content (AvgIpc) is 2.83. The fourth-order valence-corrected chi connectivity index (χ4v) is 5.10. The summed E-state index contributed by atoms with van der Waals surface area (Å²) in [5.41, 5.74) is 0.257. The Labute approximate surface area is 240 Å². The Bertz CT molecular complexity index is 1580. The van der Waals surface area contributed by atoms with Crippen LogP contribution in [0.4, 0.5) is 13.2 Å². The van der Waals surface area contributed by atoms with Crippen LogP contribution in [0.25, 0.3) is 5.57 Å². The van der Waals surface area contributed by atoms with E-state index in [-0.39, 0.29) is 34.6 Å². The van der Waals surface area contributed by atoms with Gasteiger partial charge in [-0.3, -0.25) is 0 Å². The van der Waals surface area contributed by atoms with E-state index in [1.165, 1.54) is 6.92 Å². The summed E-state index contributed by atoms with van der Waals surface area (Å²) in [6.07, 6.45) is 5.85. The zero-order valence-corrected chi connectivity index (χ0v) is 24.8. The molecule has 0 radical (unpaired) electrons. The molecule has 3 aromatic heterocycles. The van der Waals surface area contributed by atoms with E-state index in [1.807, 2.05) is 0 Å². The van der Waals surface area contributed by atoms with Crippen molar-refractivity contribution in [1.29, 1.82) is 0 Å². The summed E-state index contributed by atoms with van der Waals surface area (Å²) in [4.78, 5) is 21.8. The van der Waals surface area contributed by atoms with Crippen LogP contribution in [0.2, 0.25) is 0 Å². The van der Waals surface area contributed by atoms with Gasteiger partial charge in [-0.2, -0.15) is 0 Å². The molecule has 0 aliphatic carbocycles. The number of sulfonamides is 3. The lowest BCUT2D eigenvalue weighted by Gasteiger charge is -2.07. The first-order valence-corrected chi connectivity index (χ1v) is 16.3. The van der Waals surface area contributed by atoms with Gasteiger partial charge in [0, 0.05) is 17.4 Å². The third-order valence-electron chi connectivity index (χ3n) is 4.44. The Morgan fingerprint density at radius 2 is 0.952 bits per heavy atom. The van der Waals surface area contributed by atoms with E-state index in [0.29, 0.717) is 0 Å². The number of aromatic nitrogens is 6. The van der Waals surface area contributed by atoms with E-state index in [9.17, 15) is 38.4 Å². The van der Waals surface area contributed by atoms with Crippen LogP contribution in [0.3, 0.4) is 0 Å². The van der Waals surface area contributed by atoms with Gasteiger partial charge in [-0.1, -0.05) is 13.8 Å². The zero-order chi connectivity index (χ0) is 32.3. The number of allylic oxidation sites excluding steroid dienone is 1. The average molecular weight is 656 g/mol. The van der Waals surface area contributed by atoms with Crippen LogP contribution >= 0.6 is 0 Å². The van der Waals surface area contributed by atoms with Crippen molar-refractivity contribution in [3.05, 3.63) is 77.5 Å². The van der Waals surface area contributed by atoms with E-state index < -0.39 is 59.4 Å². The van der Waals surface area contributed by atoms with Gasteiger partial charge in [-0.05, 0) is 6.92 Å². The minimum absolute atomic E-state index is 0.125. The molecule has 0 amide bonds. The summed E-state index contributed by atoms with van der Waals surface area (Å²) < 4.78 is 101. The van der Waals surface area contributed by atoms with Crippen molar-refractivity contribution in [3.8, 4) is 0 Å². The summed E-state index contributed by atoms with van der Waals surface area (Å²) >= 11 is 0. The molecular weight excluding hydrogens is 627 g/mol. The number of nitrogens with two attached hydrogens (primary N) is 3. The molecule has 3 aromatic rings. The maximum Gasteiger partial charge on any atom is 0.231 e. The summed E-state index contributed by atoms with van der Waals surface area (Å²) in [5, 5.41) is 15.3. The standard InChI is InChI=1S/2C7H10FN3O2S.C7H8FN3O2S/c3*1-5(4-14(9,12)13)7-10-2-6(8)3-11-7/h2*2-3,5H,4H2,1H3,(H2,9,12,13);2-4H,1H3,(H2,9,12,13)/b;;5-4+/t2*5-;/m10./s1. The highest BCUT2D eigenvalue weighted by atomic mass is 32.2. The van der Waals surface area contributed by atoms with Gasteiger partial charge >= 0.3 is 0 Å². The smallest absolute Gasteiger partial charge is 0.231 e. The SMILES string of the molecule is C/C(=C\S(N)(=O)=O)c1ncc(F)cn1.C[C@@H](CS(N)(=O)=O)c1ncc(F)cn1.C[C@H](CS(N)(=O)=O)c1ncc(F)cn1. The lowest BCUT2D eigenvalue weighted by atomic mass is 10.2. The molecule has 232 valence electrons. The Morgan fingerprint density at radius 3 is 1.21 bits per heavy atom. The van der Waals surface area contributed by atoms with Crippen molar-refractivity contribution in [3.63, 3.8) is 0 Å². The van der Waals surface area contributed by atoms with Gasteiger partial charge in [0.1, 0.15) is 11.6 Å². The van der Waals surface area contributed by atoms with Crippen molar-refractivity contribution in [1.82, 2.24) is 29.9 Å². The van der Waals surface area contributed by atoms with Crippen LogP contribution in [0.5, 0.6) is 0 Å². The van der Waals surface area contributed by atoms with E-state index in [1.54, 1.807) is 13.8 Å². The Morgan fingerprint density at radius 1 is 0.667 bits per heavy atom. The zero-order valence-electron chi connectivity index (χ0n) is 22.3. The van der Waals surface area contributed by atoms with Gasteiger partial charge in [0.15, 0.2) is 23.3 Å². The number of hydrogen-bond donors (Lipinski definition) is 3. The largest absolute Gasteiger partial charge is 0.238 e. The van der Waals surface area contributed by atoms with Gasteiger partial charge in [-0.25, -0.2) is 83.7 Å². The third kappa shape index (κ3) is 16.1. The minimum atomic E-state index is -3.72. The maximum atomic E-state index is 12.4. The van der Waals surface area contributed by atoms with Gasteiger partial charge in [0.25, 0.3) is 0 Å². The van der Waals surface area contributed by atoms with Crippen molar-refractivity contribution in [2.45, 2.75) is 32.6 Å². The van der Waals surface area contributed by atoms with Crippen LogP contribution in [0, 0.1) is 17.5 Å². The van der Waals surface area contributed by atoms with Crippen LogP contribution in [0.15, 0.2) is 42.6 Å². The first-order valence-electron chi connectivity index (χ1n) is 11.3. The molecule has 0 unspecified atom stereocenters. The normalized spacial score (nSPS) is 13.6. The van der Waals surface area contributed by atoms with Crippen molar-refractivity contribution in [2.24, 2.45) is 15.4 Å². The minimum Gasteiger partial charge on any atom is -0.238 e. The van der Waals surface area contributed by atoms with Crippen LogP contribution in [-0.4, -0.2) is 66.7 Å². The second-order valence-electron chi connectivity index (χ2n) is 8.59. The van der Waals surface area contributed by atoms with Gasteiger partial charge in [-0.15, -0.1) is 0 Å². The van der Waals surface area contributed by atoms with Gasteiger partial charge in [0.05, 0.1) is 54.1 Å². The maximum absolute atomic E-state index is 12.4. The Balaban J connectivity index is 0.000000315. The highest BCUT2D eigenvalue weighted by molar-refractivity contribution is 7.92. The summed E-state index contributed by atoms with van der Waals surface area (Å²) in [6.45, 7) is 4.69. The molecular formula is C21H28F3N9O6S3. The van der Waals surface area contributed by atoms with Crippen LogP contribution in [0.1, 0.15) is 50.1 Å². The number of rotatable bonds is 8. The molecule has 0 aliphatic rings. The summed E-state index contributed by atoms with van der Waals surface area (Å²) in [7, 11) is -10.8. The number of halogens is 3. The molecule has 0 saturated carbocycles. The summed E-state index contributed by atoms with van der Waals surface area (Å²) in [6, 6.07) is 0. The molecule has 2 atom stereocenters. The second kappa shape index (κ2) is 15.7. The van der Waals surface area contributed by atoms with E-state index in [0.717, 1.165) is 42.6 Å². The molecule has 6 N–H and O–H groups in total. The number of primary sulfonamides is 3. The molecule has 15 nitrogen and oxygen atoms in total. The molecule has 0 saturated heterocycles.